The molecular formula is C21H13N5O3. The van der Waals surface area contributed by atoms with Gasteiger partial charge in [0, 0.05) is 23.9 Å². The number of para-hydroxylation sites is 2. The number of rotatable bonds is 3. The molecule has 2 aromatic carbocycles. The number of aromatic amines is 1. The Hall–Kier alpha value is -4.33. The van der Waals surface area contributed by atoms with E-state index in [2.05, 4.69) is 15.0 Å². The van der Waals surface area contributed by atoms with Crippen molar-refractivity contribution in [1.82, 2.24) is 19.4 Å². The lowest BCUT2D eigenvalue weighted by Crippen LogP contribution is -2.13. The highest BCUT2D eigenvalue weighted by molar-refractivity contribution is 5.83. The van der Waals surface area contributed by atoms with Gasteiger partial charge in [0.1, 0.15) is 11.3 Å². The SMILES string of the molecule is O=c1[nH]c2ccccc2nc1-c1c(-c2ccc([N+](=O)[O-])cc2)nc2ccccn12. The number of fused-ring (bicyclic) bond motifs is 2. The zero-order valence-corrected chi connectivity index (χ0v) is 14.9. The lowest BCUT2D eigenvalue weighted by atomic mass is 10.1. The quantitative estimate of drug-likeness (QED) is 0.377. The van der Waals surface area contributed by atoms with Gasteiger partial charge < -0.3 is 4.98 Å². The first-order chi connectivity index (χ1) is 14.1. The predicted octanol–water partition coefficient (Wildman–Crippen LogP) is 3.81. The number of hydrogen-bond donors (Lipinski definition) is 1. The van der Waals surface area contributed by atoms with Crippen LogP contribution in [0.2, 0.25) is 0 Å². The van der Waals surface area contributed by atoms with Crippen LogP contribution in [0.5, 0.6) is 0 Å². The number of pyridine rings is 1. The van der Waals surface area contributed by atoms with E-state index in [4.69, 9.17) is 0 Å². The van der Waals surface area contributed by atoms with E-state index in [1.807, 2.05) is 42.6 Å². The summed E-state index contributed by atoms with van der Waals surface area (Å²) < 4.78 is 1.79. The van der Waals surface area contributed by atoms with Crippen LogP contribution in [-0.2, 0) is 0 Å². The molecule has 0 amide bonds. The minimum absolute atomic E-state index is 0.0132. The Morgan fingerprint density at radius 3 is 2.45 bits per heavy atom. The van der Waals surface area contributed by atoms with Crippen LogP contribution in [0, 0.1) is 10.1 Å². The Kier molecular flexibility index (Phi) is 3.70. The molecule has 8 heteroatoms. The summed E-state index contributed by atoms with van der Waals surface area (Å²) in [5.41, 5.74) is 3.54. The molecule has 3 heterocycles. The standard InChI is InChI=1S/C21H13N5O3/c27-21-19(22-15-5-1-2-6-16(15)23-21)20-18(24-17-7-3-4-12-25(17)20)13-8-10-14(11-9-13)26(28)29/h1-12H,(H,23,27). The first-order valence-corrected chi connectivity index (χ1v) is 8.83. The first kappa shape index (κ1) is 16.8. The molecular weight excluding hydrogens is 370 g/mol. The molecule has 0 fully saturated rings. The van der Waals surface area contributed by atoms with Crippen LogP contribution in [-0.4, -0.2) is 24.3 Å². The lowest BCUT2D eigenvalue weighted by molar-refractivity contribution is -0.384. The third-order valence-electron chi connectivity index (χ3n) is 4.71. The Morgan fingerprint density at radius 1 is 0.897 bits per heavy atom. The first-order valence-electron chi connectivity index (χ1n) is 8.83. The summed E-state index contributed by atoms with van der Waals surface area (Å²) in [6.07, 6.45) is 1.81. The zero-order chi connectivity index (χ0) is 20.0. The largest absolute Gasteiger partial charge is 0.319 e. The van der Waals surface area contributed by atoms with E-state index in [1.54, 1.807) is 22.6 Å². The van der Waals surface area contributed by atoms with Crippen molar-refractivity contribution in [1.29, 1.82) is 0 Å². The van der Waals surface area contributed by atoms with Gasteiger partial charge in [-0.3, -0.25) is 19.3 Å². The molecule has 5 rings (SSSR count). The number of H-pyrrole nitrogens is 1. The maximum absolute atomic E-state index is 12.9. The van der Waals surface area contributed by atoms with Crippen molar-refractivity contribution in [2.75, 3.05) is 0 Å². The van der Waals surface area contributed by atoms with Crippen molar-refractivity contribution < 1.29 is 4.92 Å². The van der Waals surface area contributed by atoms with Crippen LogP contribution >= 0.6 is 0 Å². The fourth-order valence-corrected chi connectivity index (χ4v) is 3.35. The summed E-state index contributed by atoms with van der Waals surface area (Å²) in [5, 5.41) is 11.0. The highest BCUT2D eigenvalue weighted by Crippen LogP contribution is 2.31. The minimum Gasteiger partial charge on any atom is -0.319 e. The second-order valence-electron chi connectivity index (χ2n) is 6.47. The van der Waals surface area contributed by atoms with E-state index in [-0.39, 0.29) is 16.9 Å². The van der Waals surface area contributed by atoms with E-state index in [0.29, 0.717) is 33.6 Å². The molecule has 0 radical (unpaired) electrons. The average molecular weight is 383 g/mol. The molecule has 3 aromatic heterocycles. The third kappa shape index (κ3) is 2.74. The van der Waals surface area contributed by atoms with Crippen molar-refractivity contribution >= 4 is 22.4 Å². The van der Waals surface area contributed by atoms with Crippen LogP contribution in [0.1, 0.15) is 0 Å². The van der Waals surface area contributed by atoms with Crippen molar-refractivity contribution in [2.24, 2.45) is 0 Å². The summed E-state index contributed by atoms with van der Waals surface area (Å²) in [6, 6.07) is 18.9. The molecule has 0 spiro atoms. The topological polar surface area (TPSA) is 106 Å². The second-order valence-corrected chi connectivity index (χ2v) is 6.47. The van der Waals surface area contributed by atoms with E-state index >= 15 is 0 Å². The lowest BCUT2D eigenvalue weighted by Gasteiger charge is -2.06. The Labute approximate surface area is 163 Å². The monoisotopic (exact) mass is 383 g/mol. The maximum atomic E-state index is 12.9. The van der Waals surface area contributed by atoms with Gasteiger partial charge in [-0.1, -0.05) is 18.2 Å². The average Bonchev–Trinajstić information content (AvgIpc) is 3.12. The van der Waals surface area contributed by atoms with Gasteiger partial charge in [-0.15, -0.1) is 0 Å². The number of nitro groups is 1. The molecule has 0 saturated carbocycles. The van der Waals surface area contributed by atoms with Gasteiger partial charge in [0.05, 0.1) is 21.7 Å². The van der Waals surface area contributed by atoms with Crippen molar-refractivity contribution in [3.8, 4) is 22.6 Å². The number of non-ortho nitro benzene ring substituents is 1. The van der Waals surface area contributed by atoms with E-state index in [0.717, 1.165) is 0 Å². The maximum Gasteiger partial charge on any atom is 0.276 e. The third-order valence-corrected chi connectivity index (χ3v) is 4.71. The fraction of sp³-hybridized carbons (Fsp3) is 0. The number of imidazole rings is 1. The molecule has 0 unspecified atom stereocenters. The summed E-state index contributed by atoms with van der Waals surface area (Å²) in [7, 11) is 0. The van der Waals surface area contributed by atoms with Crippen molar-refractivity contribution in [3.05, 3.63) is 93.4 Å². The minimum atomic E-state index is -0.454. The molecule has 0 aliphatic carbocycles. The van der Waals surface area contributed by atoms with Crippen LogP contribution in [0.25, 0.3) is 39.3 Å². The van der Waals surface area contributed by atoms with Gasteiger partial charge >= 0.3 is 0 Å². The van der Waals surface area contributed by atoms with Gasteiger partial charge in [-0.05, 0) is 36.4 Å². The van der Waals surface area contributed by atoms with Gasteiger partial charge in [0.25, 0.3) is 11.2 Å². The smallest absolute Gasteiger partial charge is 0.276 e. The fourth-order valence-electron chi connectivity index (χ4n) is 3.35. The van der Waals surface area contributed by atoms with E-state index in [1.165, 1.54) is 12.1 Å². The Morgan fingerprint density at radius 2 is 1.66 bits per heavy atom. The number of hydrogen-bond acceptors (Lipinski definition) is 5. The summed E-state index contributed by atoms with van der Waals surface area (Å²) >= 11 is 0. The molecule has 1 N–H and O–H groups in total. The van der Waals surface area contributed by atoms with Crippen LogP contribution < -0.4 is 5.56 Å². The highest BCUT2D eigenvalue weighted by Gasteiger charge is 2.20. The number of nitro benzene ring substituents is 1. The molecule has 29 heavy (non-hydrogen) atoms. The van der Waals surface area contributed by atoms with Crippen molar-refractivity contribution in [2.45, 2.75) is 0 Å². The number of nitrogens with zero attached hydrogens (tertiary/aromatic N) is 4. The molecule has 0 saturated heterocycles. The molecule has 8 nitrogen and oxygen atoms in total. The second kappa shape index (κ2) is 6.38. The Bertz CT molecular complexity index is 1450. The predicted molar refractivity (Wildman–Crippen MR) is 109 cm³/mol. The molecule has 0 bridgehead atoms. The summed E-state index contributed by atoms with van der Waals surface area (Å²) in [6.45, 7) is 0. The number of aromatic nitrogens is 4. The molecule has 0 atom stereocenters. The zero-order valence-electron chi connectivity index (χ0n) is 14.9. The van der Waals surface area contributed by atoms with Gasteiger partial charge in [-0.2, -0.15) is 0 Å². The van der Waals surface area contributed by atoms with Gasteiger partial charge in [0.2, 0.25) is 0 Å². The van der Waals surface area contributed by atoms with E-state index < -0.39 is 4.92 Å². The van der Waals surface area contributed by atoms with Crippen molar-refractivity contribution in [3.63, 3.8) is 0 Å². The Balaban J connectivity index is 1.81. The normalized spacial score (nSPS) is 11.2. The molecule has 5 aromatic rings. The van der Waals surface area contributed by atoms with Gasteiger partial charge in [-0.25, -0.2) is 9.97 Å². The highest BCUT2D eigenvalue weighted by atomic mass is 16.6. The van der Waals surface area contributed by atoms with Gasteiger partial charge in [0.15, 0.2) is 5.69 Å². The van der Waals surface area contributed by atoms with Crippen LogP contribution in [0.15, 0.2) is 77.7 Å². The number of benzene rings is 2. The molecule has 0 aliphatic heterocycles. The van der Waals surface area contributed by atoms with Crippen LogP contribution in [0.3, 0.4) is 0 Å². The van der Waals surface area contributed by atoms with E-state index in [9.17, 15) is 14.9 Å². The molecule has 0 aliphatic rings. The number of nitrogens with one attached hydrogen (secondary N) is 1. The van der Waals surface area contributed by atoms with Crippen LogP contribution in [0.4, 0.5) is 5.69 Å². The summed E-state index contributed by atoms with van der Waals surface area (Å²) in [4.78, 5) is 35.5. The molecule has 140 valence electrons. The summed E-state index contributed by atoms with van der Waals surface area (Å²) in [5.74, 6) is 0.